The maximum Gasteiger partial charge on any atom is 0.276 e. The summed E-state index contributed by atoms with van der Waals surface area (Å²) in [7, 11) is -3.76. The number of nitrogens with one attached hydrogen (secondary N) is 1. The molecule has 4 rings (SSSR count). The molecule has 0 unspecified atom stereocenters. The lowest BCUT2D eigenvalue weighted by molar-refractivity contribution is 0.584. The number of aromatic nitrogens is 3. The van der Waals surface area contributed by atoms with Crippen LogP contribution >= 0.6 is 0 Å². The lowest BCUT2D eigenvalue weighted by Gasteiger charge is -2.09. The topological polar surface area (TPSA) is 88.7 Å². The largest absolute Gasteiger partial charge is 0.298 e. The number of imidazole rings is 1. The van der Waals surface area contributed by atoms with Crippen molar-refractivity contribution in [1.29, 1.82) is 0 Å². The minimum atomic E-state index is -3.76. The van der Waals surface area contributed by atoms with Crippen LogP contribution in [0.5, 0.6) is 0 Å². The number of sulfonamides is 1. The molecule has 0 fully saturated rings. The first-order valence-corrected chi connectivity index (χ1v) is 10.8. The van der Waals surface area contributed by atoms with Crippen LogP contribution in [-0.4, -0.2) is 29.0 Å². The summed E-state index contributed by atoms with van der Waals surface area (Å²) in [6.45, 7) is 5.67. The average molecular weight is 420 g/mol. The first-order chi connectivity index (χ1) is 14.4. The third-order valence-electron chi connectivity index (χ3n) is 5.07. The molecule has 3 aromatic heterocycles. The van der Waals surface area contributed by atoms with Crippen molar-refractivity contribution in [3.63, 3.8) is 0 Å². The maximum atomic E-state index is 12.6. The maximum absolute atomic E-state index is 12.6. The van der Waals surface area contributed by atoms with Gasteiger partial charge in [0, 0.05) is 29.7 Å². The second-order valence-electron chi connectivity index (χ2n) is 7.07. The van der Waals surface area contributed by atoms with Crippen LogP contribution in [0, 0.1) is 20.8 Å². The Bertz CT molecular complexity index is 1360. The van der Waals surface area contributed by atoms with Crippen LogP contribution in [0.1, 0.15) is 22.4 Å². The monoisotopic (exact) mass is 419 g/mol. The zero-order valence-electron chi connectivity index (χ0n) is 16.9. The number of nitrogens with zero attached hydrogens (tertiary/aromatic N) is 4. The van der Waals surface area contributed by atoms with Gasteiger partial charge in [-0.05, 0) is 55.7 Å². The third kappa shape index (κ3) is 3.69. The van der Waals surface area contributed by atoms with Crippen LogP contribution in [0.3, 0.4) is 0 Å². The quantitative estimate of drug-likeness (QED) is 0.395. The molecule has 8 heteroatoms. The molecule has 0 radical (unpaired) electrons. The van der Waals surface area contributed by atoms with Crippen molar-refractivity contribution in [2.24, 2.45) is 5.10 Å². The summed E-state index contributed by atoms with van der Waals surface area (Å²) in [5.41, 5.74) is 6.08. The van der Waals surface area contributed by atoms with E-state index in [0.29, 0.717) is 11.3 Å². The van der Waals surface area contributed by atoms with E-state index < -0.39 is 10.0 Å². The molecular formula is C22H21N5O2S. The first kappa shape index (κ1) is 19.8. The molecule has 3 heterocycles. The lowest BCUT2D eigenvalue weighted by atomic mass is 10.1. The van der Waals surface area contributed by atoms with Crippen LogP contribution in [0.4, 0.5) is 0 Å². The Hall–Kier alpha value is -3.52. The summed E-state index contributed by atoms with van der Waals surface area (Å²) in [5, 5.41) is 3.97. The zero-order valence-corrected chi connectivity index (χ0v) is 17.7. The zero-order chi connectivity index (χ0) is 21.3. The summed E-state index contributed by atoms with van der Waals surface area (Å²) in [6.07, 6.45) is 8.59. The van der Waals surface area contributed by atoms with Gasteiger partial charge >= 0.3 is 0 Å². The van der Waals surface area contributed by atoms with Gasteiger partial charge in [-0.2, -0.15) is 18.4 Å². The molecular weight excluding hydrogens is 398 g/mol. The fourth-order valence-electron chi connectivity index (χ4n) is 3.28. The van der Waals surface area contributed by atoms with Gasteiger partial charge in [-0.1, -0.05) is 18.2 Å². The fraction of sp³-hybridized carbons (Fsp3) is 0.136. The molecule has 7 nitrogen and oxygen atoms in total. The Balaban J connectivity index is 1.66. The Labute approximate surface area is 175 Å². The van der Waals surface area contributed by atoms with Crippen molar-refractivity contribution in [1.82, 2.24) is 19.2 Å². The number of hydrogen-bond acceptors (Lipinski definition) is 5. The number of hydrazone groups is 1. The van der Waals surface area contributed by atoms with Crippen molar-refractivity contribution in [2.75, 3.05) is 0 Å². The predicted octanol–water partition coefficient (Wildman–Crippen LogP) is 3.63. The Morgan fingerprint density at radius 3 is 2.67 bits per heavy atom. The van der Waals surface area contributed by atoms with Crippen molar-refractivity contribution < 1.29 is 8.42 Å². The molecule has 0 aliphatic carbocycles. The van der Waals surface area contributed by atoms with Crippen LogP contribution < -0.4 is 4.83 Å². The number of benzene rings is 1. The minimum absolute atomic E-state index is 0.215. The van der Waals surface area contributed by atoms with E-state index in [-0.39, 0.29) is 4.90 Å². The van der Waals surface area contributed by atoms with Gasteiger partial charge in [0.25, 0.3) is 10.0 Å². The van der Waals surface area contributed by atoms with E-state index in [1.165, 1.54) is 6.21 Å². The van der Waals surface area contributed by atoms with Crippen molar-refractivity contribution in [3.8, 4) is 11.1 Å². The molecule has 30 heavy (non-hydrogen) atoms. The van der Waals surface area contributed by atoms with E-state index >= 15 is 0 Å². The van der Waals surface area contributed by atoms with Gasteiger partial charge in [-0.25, -0.2) is 4.98 Å². The molecule has 0 bridgehead atoms. The number of fused-ring (bicyclic) bond motifs is 1. The number of hydrogen-bond donors (Lipinski definition) is 1. The molecule has 0 atom stereocenters. The average Bonchev–Trinajstić information content (AvgIpc) is 3.11. The summed E-state index contributed by atoms with van der Waals surface area (Å²) < 4.78 is 27.1. The van der Waals surface area contributed by atoms with E-state index in [4.69, 9.17) is 0 Å². The van der Waals surface area contributed by atoms with Gasteiger partial charge in [-0.15, -0.1) is 0 Å². The number of rotatable bonds is 5. The smallest absolute Gasteiger partial charge is 0.276 e. The van der Waals surface area contributed by atoms with Crippen LogP contribution in [-0.2, 0) is 10.0 Å². The molecule has 0 spiro atoms. The molecule has 0 saturated carbocycles. The van der Waals surface area contributed by atoms with Gasteiger partial charge < -0.3 is 0 Å². The molecule has 0 saturated heterocycles. The summed E-state index contributed by atoms with van der Waals surface area (Å²) in [5.74, 6) is 0. The second kappa shape index (κ2) is 7.72. The predicted molar refractivity (Wildman–Crippen MR) is 117 cm³/mol. The van der Waals surface area contributed by atoms with Crippen molar-refractivity contribution in [2.45, 2.75) is 25.7 Å². The van der Waals surface area contributed by atoms with Crippen LogP contribution in [0.2, 0.25) is 0 Å². The molecule has 1 aromatic carbocycles. The van der Waals surface area contributed by atoms with E-state index in [2.05, 4.69) is 19.9 Å². The summed E-state index contributed by atoms with van der Waals surface area (Å²) in [4.78, 5) is 11.1. The fourth-order valence-corrected chi connectivity index (χ4v) is 4.40. The SMILES string of the molecule is Cc1cc2ncc(C=NNS(=O)(=O)c3cccc(C)c3C)n2cc1-c1cccnc1. The number of pyridine rings is 2. The van der Waals surface area contributed by atoms with Crippen LogP contribution in [0.25, 0.3) is 16.8 Å². The summed E-state index contributed by atoms with van der Waals surface area (Å²) in [6, 6.07) is 11.0. The second-order valence-corrected chi connectivity index (χ2v) is 8.70. The molecule has 0 amide bonds. The van der Waals surface area contributed by atoms with E-state index in [9.17, 15) is 8.42 Å². The van der Waals surface area contributed by atoms with Crippen LogP contribution in [0.15, 0.2) is 71.2 Å². The highest BCUT2D eigenvalue weighted by Crippen LogP contribution is 2.24. The number of aryl methyl sites for hydroxylation is 2. The van der Waals surface area contributed by atoms with E-state index in [1.807, 2.05) is 48.7 Å². The molecule has 1 N–H and O–H groups in total. The molecule has 152 valence electrons. The highest BCUT2D eigenvalue weighted by Gasteiger charge is 2.16. The standard InChI is InChI=1S/C22H21N5O2S/c1-15-6-4-8-21(17(15)3)30(28,29)26-25-13-19-12-24-22-10-16(2)20(14-27(19)22)18-7-5-9-23-11-18/h4-14,26H,1-3H3. The van der Waals surface area contributed by atoms with Gasteiger partial charge in [0.2, 0.25) is 0 Å². The minimum Gasteiger partial charge on any atom is -0.298 e. The van der Waals surface area contributed by atoms with Gasteiger partial charge in [0.15, 0.2) is 0 Å². The highest BCUT2D eigenvalue weighted by molar-refractivity contribution is 7.89. The Morgan fingerprint density at radius 2 is 1.90 bits per heavy atom. The lowest BCUT2D eigenvalue weighted by Crippen LogP contribution is -2.19. The third-order valence-corrected chi connectivity index (χ3v) is 6.44. The molecule has 4 aromatic rings. The highest BCUT2D eigenvalue weighted by atomic mass is 32.2. The Kier molecular flexibility index (Phi) is 5.09. The Morgan fingerprint density at radius 1 is 1.07 bits per heavy atom. The van der Waals surface area contributed by atoms with E-state index in [0.717, 1.165) is 27.9 Å². The first-order valence-electron chi connectivity index (χ1n) is 9.36. The molecule has 0 aliphatic heterocycles. The van der Waals surface area contributed by atoms with Gasteiger partial charge in [-0.3, -0.25) is 9.38 Å². The van der Waals surface area contributed by atoms with Crippen molar-refractivity contribution >= 4 is 21.9 Å². The normalized spacial score (nSPS) is 12.0. The van der Waals surface area contributed by atoms with Crippen molar-refractivity contribution in [3.05, 3.63) is 83.6 Å². The summed E-state index contributed by atoms with van der Waals surface area (Å²) >= 11 is 0. The van der Waals surface area contributed by atoms with Gasteiger partial charge in [0.05, 0.1) is 23.0 Å². The van der Waals surface area contributed by atoms with Gasteiger partial charge in [0.1, 0.15) is 5.65 Å². The molecule has 0 aliphatic rings. The van der Waals surface area contributed by atoms with E-state index in [1.54, 1.807) is 37.6 Å².